The predicted molar refractivity (Wildman–Crippen MR) is 69.2 cm³/mol. The quantitative estimate of drug-likeness (QED) is 0.742. The Kier molecular flexibility index (Phi) is 6.54. The predicted octanol–water partition coefficient (Wildman–Crippen LogP) is 1.55. The van der Waals surface area contributed by atoms with Gasteiger partial charge in [-0.2, -0.15) is 0 Å². The summed E-state index contributed by atoms with van der Waals surface area (Å²) in [7, 11) is 0.951. The number of hydrogen-bond acceptors (Lipinski definition) is 3. The fourth-order valence-electron chi connectivity index (χ4n) is 2.43. The van der Waals surface area contributed by atoms with E-state index in [4.69, 9.17) is 4.74 Å². The Morgan fingerprint density at radius 1 is 1.44 bits per heavy atom. The zero-order valence-electron chi connectivity index (χ0n) is 10.7. The number of rotatable bonds is 7. The summed E-state index contributed by atoms with van der Waals surface area (Å²) >= 11 is 0. The highest BCUT2D eigenvalue weighted by Crippen LogP contribution is 2.30. The minimum Gasteiger partial charge on any atom is -0.384 e. The van der Waals surface area contributed by atoms with E-state index in [2.05, 4.69) is 19.2 Å². The Balaban J connectivity index is 2.37. The van der Waals surface area contributed by atoms with Gasteiger partial charge in [0.05, 0.1) is 6.61 Å². The molecule has 1 aliphatic rings. The van der Waals surface area contributed by atoms with Gasteiger partial charge in [0.25, 0.3) is 0 Å². The van der Waals surface area contributed by atoms with Gasteiger partial charge >= 0.3 is 0 Å². The first kappa shape index (κ1) is 14.1. The van der Waals surface area contributed by atoms with E-state index >= 15 is 0 Å². The number of hydrogen-bond donors (Lipinski definition) is 1. The summed E-state index contributed by atoms with van der Waals surface area (Å²) in [6.45, 7) is 6.10. The Labute approximate surface area is 102 Å². The molecule has 16 heavy (non-hydrogen) atoms. The van der Waals surface area contributed by atoms with Crippen molar-refractivity contribution in [3.05, 3.63) is 0 Å². The van der Waals surface area contributed by atoms with Crippen molar-refractivity contribution in [3.63, 3.8) is 0 Å². The standard InChI is InChI=1S/C12H25NO2S/c1-4-7-13-11-5-6-12(10(11)2)16(14)9-8-15-3/h10-13H,4-9H2,1-3H3. The molecule has 0 aliphatic heterocycles. The van der Waals surface area contributed by atoms with Crippen molar-refractivity contribution in [2.24, 2.45) is 5.92 Å². The van der Waals surface area contributed by atoms with E-state index in [0.29, 0.717) is 29.6 Å². The molecule has 1 fully saturated rings. The van der Waals surface area contributed by atoms with E-state index in [1.165, 1.54) is 12.8 Å². The summed E-state index contributed by atoms with van der Waals surface area (Å²) in [5.74, 6) is 1.22. The van der Waals surface area contributed by atoms with Crippen molar-refractivity contribution in [2.75, 3.05) is 26.0 Å². The third-order valence-electron chi connectivity index (χ3n) is 3.47. The molecule has 1 aliphatic carbocycles. The minimum absolute atomic E-state index is 0.365. The molecule has 1 N–H and O–H groups in total. The second-order valence-electron chi connectivity index (χ2n) is 4.61. The first-order chi connectivity index (χ1) is 7.70. The molecule has 0 aromatic rings. The topological polar surface area (TPSA) is 38.3 Å². The highest BCUT2D eigenvalue weighted by atomic mass is 32.2. The second kappa shape index (κ2) is 7.41. The summed E-state index contributed by atoms with van der Waals surface area (Å²) in [6.07, 6.45) is 3.43. The van der Waals surface area contributed by atoms with E-state index in [-0.39, 0.29) is 0 Å². The summed E-state index contributed by atoms with van der Waals surface area (Å²) in [6, 6.07) is 0.566. The summed E-state index contributed by atoms with van der Waals surface area (Å²) in [5, 5.41) is 3.92. The molecule has 1 rings (SSSR count). The molecule has 0 bridgehead atoms. The minimum atomic E-state index is -0.717. The molecule has 0 spiro atoms. The third kappa shape index (κ3) is 3.82. The zero-order chi connectivity index (χ0) is 12.0. The van der Waals surface area contributed by atoms with Crippen LogP contribution in [-0.4, -0.2) is 41.5 Å². The van der Waals surface area contributed by atoms with Crippen LogP contribution in [-0.2, 0) is 15.5 Å². The fourth-order valence-corrected chi connectivity index (χ4v) is 4.14. The molecular formula is C12H25NO2S. The van der Waals surface area contributed by atoms with E-state index in [9.17, 15) is 4.21 Å². The van der Waals surface area contributed by atoms with Gasteiger partial charge in [-0.15, -0.1) is 0 Å². The lowest BCUT2D eigenvalue weighted by atomic mass is 10.1. The maximum Gasteiger partial charge on any atom is 0.0577 e. The lowest BCUT2D eigenvalue weighted by molar-refractivity contribution is 0.217. The summed E-state index contributed by atoms with van der Waals surface area (Å²) in [4.78, 5) is 0. The lowest BCUT2D eigenvalue weighted by Gasteiger charge is -2.21. The van der Waals surface area contributed by atoms with Crippen LogP contribution in [0.15, 0.2) is 0 Å². The molecule has 4 heteroatoms. The van der Waals surface area contributed by atoms with E-state index in [1.807, 2.05) is 0 Å². The van der Waals surface area contributed by atoms with Crippen LogP contribution in [0, 0.1) is 5.92 Å². The van der Waals surface area contributed by atoms with Gasteiger partial charge in [-0.05, 0) is 31.7 Å². The molecule has 0 aromatic carbocycles. The maximum absolute atomic E-state index is 12.0. The van der Waals surface area contributed by atoms with Crippen LogP contribution in [0.4, 0.5) is 0 Å². The smallest absolute Gasteiger partial charge is 0.0577 e. The molecule has 1 saturated carbocycles. The SMILES string of the molecule is CCCNC1CCC(S(=O)CCOC)C1C. The average molecular weight is 247 g/mol. The number of methoxy groups -OCH3 is 1. The first-order valence-electron chi connectivity index (χ1n) is 6.30. The lowest BCUT2D eigenvalue weighted by Crippen LogP contribution is -2.36. The Bertz CT molecular complexity index is 223. The molecule has 0 amide bonds. The van der Waals surface area contributed by atoms with Crippen LogP contribution in [0.25, 0.3) is 0 Å². The van der Waals surface area contributed by atoms with Crippen molar-refractivity contribution < 1.29 is 8.95 Å². The van der Waals surface area contributed by atoms with Gasteiger partial charge in [0, 0.05) is 35.0 Å². The normalized spacial score (nSPS) is 31.8. The second-order valence-corrected chi connectivity index (χ2v) is 6.39. The van der Waals surface area contributed by atoms with Gasteiger partial charge in [0.1, 0.15) is 0 Å². The zero-order valence-corrected chi connectivity index (χ0v) is 11.5. The van der Waals surface area contributed by atoms with Crippen LogP contribution in [0.2, 0.25) is 0 Å². The van der Waals surface area contributed by atoms with E-state index in [0.717, 1.165) is 13.0 Å². The Hall–Kier alpha value is 0.0700. The molecule has 96 valence electrons. The van der Waals surface area contributed by atoms with Gasteiger partial charge in [0.2, 0.25) is 0 Å². The monoisotopic (exact) mass is 247 g/mol. The van der Waals surface area contributed by atoms with Crippen molar-refractivity contribution >= 4 is 10.8 Å². The van der Waals surface area contributed by atoms with Gasteiger partial charge in [0.15, 0.2) is 0 Å². The molecule has 4 unspecified atom stereocenters. The van der Waals surface area contributed by atoms with Gasteiger partial charge in [-0.25, -0.2) is 0 Å². The van der Waals surface area contributed by atoms with Gasteiger partial charge in [-0.1, -0.05) is 13.8 Å². The largest absolute Gasteiger partial charge is 0.384 e. The molecule has 3 nitrogen and oxygen atoms in total. The summed E-state index contributed by atoms with van der Waals surface area (Å²) in [5.41, 5.74) is 0. The van der Waals surface area contributed by atoms with E-state index < -0.39 is 10.8 Å². The molecule has 0 radical (unpaired) electrons. The first-order valence-corrected chi connectivity index (χ1v) is 7.68. The number of ether oxygens (including phenoxy) is 1. The number of nitrogens with one attached hydrogen (secondary N) is 1. The molecule has 0 saturated heterocycles. The van der Waals surface area contributed by atoms with Crippen molar-refractivity contribution in [1.29, 1.82) is 0 Å². The van der Waals surface area contributed by atoms with Crippen LogP contribution in [0.3, 0.4) is 0 Å². The Morgan fingerprint density at radius 3 is 2.81 bits per heavy atom. The van der Waals surface area contributed by atoms with Crippen molar-refractivity contribution in [2.45, 2.75) is 44.4 Å². The van der Waals surface area contributed by atoms with Crippen LogP contribution >= 0.6 is 0 Å². The average Bonchev–Trinajstić information content (AvgIpc) is 2.65. The third-order valence-corrected chi connectivity index (χ3v) is 5.38. The van der Waals surface area contributed by atoms with Crippen molar-refractivity contribution in [1.82, 2.24) is 5.32 Å². The molecule has 4 atom stereocenters. The van der Waals surface area contributed by atoms with Crippen LogP contribution < -0.4 is 5.32 Å². The van der Waals surface area contributed by atoms with E-state index in [1.54, 1.807) is 7.11 Å². The fraction of sp³-hybridized carbons (Fsp3) is 1.00. The highest BCUT2D eigenvalue weighted by Gasteiger charge is 2.35. The van der Waals surface area contributed by atoms with Gasteiger partial charge < -0.3 is 10.1 Å². The molecule has 0 aromatic heterocycles. The molecular weight excluding hydrogens is 222 g/mol. The van der Waals surface area contributed by atoms with Crippen LogP contribution in [0.1, 0.15) is 33.1 Å². The highest BCUT2D eigenvalue weighted by molar-refractivity contribution is 7.85. The van der Waals surface area contributed by atoms with Gasteiger partial charge in [-0.3, -0.25) is 4.21 Å². The van der Waals surface area contributed by atoms with Crippen molar-refractivity contribution in [3.8, 4) is 0 Å². The Morgan fingerprint density at radius 2 is 2.19 bits per heavy atom. The molecule has 0 heterocycles. The van der Waals surface area contributed by atoms with Crippen LogP contribution in [0.5, 0.6) is 0 Å². The maximum atomic E-state index is 12.0. The summed E-state index contributed by atoms with van der Waals surface area (Å²) < 4.78 is 17.0.